The van der Waals surface area contributed by atoms with E-state index in [0.29, 0.717) is 35.3 Å². The highest BCUT2D eigenvalue weighted by atomic mass is 16.3. The maximum absolute atomic E-state index is 13.1. The number of nitrogens with zero attached hydrogens (tertiary/aromatic N) is 5. The Morgan fingerprint density at radius 3 is 2.49 bits per heavy atom. The molecule has 0 saturated carbocycles. The summed E-state index contributed by atoms with van der Waals surface area (Å²) in [6, 6.07) is 5.66. The van der Waals surface area contributed by atoms with Crippen LogP contribution in [0.4, 0.5) is 17.5 Å². The third-order valence-corrected chi connectivity index (χ3v) is 6.16. The lowest BCUT2D eigenvalue weighted by molar-refractivity contribution is 0.163. The molecule has 4 N–H and O–H groups in total. The largest absolute Gasteiger partial charge is 0.395 e. The number of likely N-dealkylation sites (tertiary alicyclic amines) is 1. The van der Waals surface area contributed by atoms with E-state index in [2.05, 4.69) is 25.5 Å². The number of piperidine rings is 1. The molecule has 1 fully saturated rings. The van der Waals surface area contributed by atoms with Crippen LogP contribution in [-0.4, -0.2) is 73.0 Å². The summed E-state index contributed by atoms with van der Waals surface area (Å²) in [5.41, 5.74) is 0.487. The number of aliphatic hydroxyl groups excluding tert-OH is 2. The van der Waals surface area contributed by atoms with Crippen molar-refractivity contribution in [3.05, 3.63) is 46.8 Å². The summed E-state index contributed by atoms with van der Waals surface area (Å²) in [5.74, 6) is 2.06. The highest BCUT2D eigenvalue weighted by Gasteiger charge is 2.22. The molecule has 0 radical (unpaired) electrons. The number of aromatic nitrogens is 4. The molecule has 4 heterocycles. The number of hydrogen-bond acceptors (Lipinski definition) is 9. The zero-order chi connectivity index (χ0) is 25.0. The van der Waals surface area contributed by atoms with Crippen LogP contribution in [0.25, 0.3) is 10.8 Å². The molecule has 10 nitrogen and oxygen atoms in total. The molecule has 0 atom stereocenters. The van der Waals surface area contributed by atoms with Gasteiger partial charge in [-0.15, -0.1) is 0 Å². The molecule has 10 heteroatoms. The highest BCUT2D eigenvalue weighted by molar-refractivity contribution is 5.93. The Bertz CT molecular complexity index is 1210. The number of β-amino-alcohol motifs (C(OH)–C–C–N with tert-alkyl or cyclic N) is 1. The first-order chi connectivity index (χ1) is 16.8. The van der Waals surface area contributed by atoms with Gasteiger partial charge in [0.25, 0.3) is 5.56 Å². The van der Waals surface area contributed by atoms with Crippen LogP contribution < -0.4 is 16.2 Å². The average molecular weight is 482 g/mol. The van der Waals surface area contributed by atoms with Crippen LogP contribution in [0.15, 0.2) is 35.5 Å². The number of pyridine rings is 2. The van der Waals surface area contributed by atoms with Crippen LogP contribution >= 0.6 is 0 Å². The van der Waals surface area contributed by atoms with E-state index in [1.54, 1.807) is 12.5 Å². The van der Waals surface area contributed by atoms with Gasteiger partial charge in [0.1, 0.15) is 23.8 Å². The van der Waals surface area contributed by atoms with Gasteiger partial charge in [0.2, 0.25) is 0 Å². The van der Waals surface area contributed by atoms with E-state index in [0.717, 1.165) is 37.0 Å². The highest BCUT2D eigenvalue weighted by Crippen LogP contribution is 2.29. The monoisotopic (exact) mass is 481 g/mol. The molecule has 0 unspecified atom stereocenters. The van der Waals surface area contributed by atoms with Gasteiger partial charge in [-0.3, -0.25) is 4.79 Å². The summed E-state index contributed by atoms with van der Waals surface area (Å²) in [5, 5.41) is 26.4. The molecule has 1 aliphatic heterocycles. The summed E-state index contributed by atoms with van der Waals surface area (Å²) >= 11 is 0. The number of fused-ring (bicyclic) bond motifs is 1. The first kappa shape index (κ1) is 25.0. The Morgan fingerprint density at radius 1 is 1.06 bits per heavy atom. The SMILES string of the molecule is CC(C)(C)Nc1nc(Nc2cc(C3CCN(CCO)CC3)ncn2)cc2ccn(CCO)c(=O)c12. The second-order valence-corrected chi connectivity index (χ2v) is 10.0. The quantitative estimate of drug-likeness (QED) is 0.383. The van der Waals surface area contributed by atoms with Crippen molar-refractivity contribution in [3.63, 3.8) is 0 Å². The smallest absolute Gasteiger partial charge is 0.262 e. The Morgan fingerprint density at radius 2 is 1.80 bits per heavy atom. The summed E-state index contributed by atoms with van der Waals surface area (Å²) in [4.78, 5) is 29.0. The second-order valence-electron chi connectivity index (χ2n) is 10.0. The summed E-state index contributed by atoms with van der Waals surface area (Å²) in [6.07, 6.45) is 5.24. The Labute approximate surface area is 205 Å². The van der Waals surface area contributed by atoms with Gasteiger partial charge in [0.15, 0.2) is 0 Å². The zero-order valence-electron chi connectivity index (χ0n) is 20.7. The molecule has 0 aromatic carbocycles. The van der Waals surface area contributed by atoms with Gasteiger partial charge in [0.05, 0.1) is 18.6 Å². The second kappa shape index (κ2) is 10.7. The van der Waals surface area contributed by atoms with Crippen molar-refractivity contribution in [2.75, 3.05) is 43.5 Å². The molecule has 1 aliphatic rings. The summed E-state index contributed by atoms with van der Waals surface area (Å²) in [6.45, 7) is 8.94. The molecule has 0 bridgehead atoms. The first-order valence-corrected chi connectivity index (χ1v) is 12.1. The van der Waals surface area contributed by atoms with Crippen LogP contribution in [0.5, 0.6) is 0 Å². The van der Waals surface area contributed by atoms with Crippen LogP contribution in [0.1, 0.15) is 45.2 Å². The van der Waals surface area contributed by atoms with E-state index in [1.165, 1.54) is 4.57 Å². The predicted molar refractivity (Wildman–Crippen MR) is 137 cm³/mol. The van der Waals surface area contributed by atoms with E-state index in [9.17, 15) is 9.90 Å². The summed E-state index contributed by atoms with van der Waals surface area (Å²) < 4.78 is 1.49. The standard InChI is InChI=1S/C25H35N7O3/c1-25(2,3)30-23-22-18(6-9-32(11-13-34)24(22)35)14-21(29-23)28-20-15-19(26-16-27-20)17-4-7-31(8-5-17)10-12-33/h6,9,14-17,33-34H,4-5,7-8,10-13H2,1-3H3,(H2,26,27,28,29,30). The predicted octanol–water partition coefficient (Wildman–Crippen LogP) is 2.30. The van der Waals surface area contributed by atoms with Crippen molar-refractivity contribution in [1.29, 1.82) is 0 Å². The van der Waals surface area contributed by atoms with Gasteiger partial charge in [-0.1, -0.05) is 0 Å². The van der Waals surface area contributed by atoms with Crippen LogP contribution in [-0.2, 0) is 6.54 Å². The fraction of sp³-hybridized carbons (Fsp3) is 0.520. The lowest BCUT2D eigenvalue weighted by Crippen LogP contribution is -2.35. The Kier molecular flexibility index (Phi) is 7.63. The molecule has 0 spiro atoms. The van der Waals surface area contributed by atoms with Crippen LogP contribution in [0, 0.1) is 0 Å². The minimum Gasteiger partial charge on any atom is -0.395 e. The molecule has 188 valence electrons. The van der Waals surface area contributed by atoms with Gasteiger partial charge in [-0.25, -0.2) is 15.0 Å². The van der Waals surface area contributed by atoms with Gasteiger partial charge in [-0.2, -0.15) is 0 Å². The minimum atomic E-state index is -0.310. The van der Waals surface area contributed by atoms with E-state index in [1.807, 2.05) is 39.0 Å². The molecule has 0 amide bonds. The molecule has 4 rings (SSSR count). The lowest BCUT2D eigenvalue weighted by atomic mass is 9.93. The maximum Gasteiger partial charge on any atom is 0.262 e. The van der Waals surface area contributed by atoms with Crippen molar-refractivity contribution in [2.45, 2.75) is 51.6 Å². The van der Waals surface area contributed by atoms with Crippen molar-refractivity contribution >= 4 is 28.2 Å². The fourth-order valence-electron chi connectivity index (χ4n) is 4.49. The number of nitrogens with one attached hydrogen (secondary N) is 2. The number of rotatable bonds is 8. The molecule has 1 saturated heterocycles. The summed E-state index contributed by atoms with van der Waals surface area (Å²) in [7, 11) is 0. The molecular formula is C25H35N7O3. The third-order valence-electron chi connectivity index (χ3n) is 6.16. The van der Waals surface area contributed by atoms with Crippen molar-refractivity contribution < 1.29 is 10.2 Å². The van der Waals surface area contributed by atoms with E-state index < -0.39 is 0 Å². The Balaban J connectivity index is 1.63. The van der Waals surface area contributed by atoms with E-state index in [4.69, 9.17) is 10.1 Å². The number of aliphatic hydroxyl groups is 2. The number of hydrogen-bond donors (Lipinski definition) is 4. The van der Waals surface area contributed by atoms with Crippen molar-refractivity contribution in [2.24, 2.45) is 0 Å². The van der Waals surface area contributed by atoms with Crippen molar-refractivity contribution in [1.82, 2.24) is 24.4 Å². The molecule has 3 aromatic rings. The number of anilines is 3. The van der Waals surface area contributed by atoms with Crippen molar-refractivity contribution in [3.8, 4) is 0 Å². The van der Waals surface area contributed by atoms with Crippen LogP contribution in [0.3, 0.4) is 0 Å². The topological polar surface area (TPSA) is 128 Å². The third kappa shape index (κ3) is 6.14. The van der Waals surface area contributed by atoms with Gasteiger partial charge >= 0.3 is 0 Å². The molecular weight excluding hydrogens is 446 g/mol. The lowest BCUT2D eigenvalue weighted by Gasteiger charge is -2.31. The molecule has 0 aliphatic carbocycles. The van der Waals surface area contributed by atoms with Gasteiger partial charge in [-0.05, 0) is 64.2 Å². The maximum atomic E-state index is 13.1. The molecule has 3 aromatic heterocycles. The first-order valence-electron chi connectivity index (χ1n) is 12.1. The fourth-order valence-corrected chi connectivity index (χ4v) is 4.49. The zero-order valence-corrected chi connectivity index (χ0v) is 20.7. The normalized spacial score (nSPS) is 15.5. The van der Waals surface area contributed by atoms with Gasteiger partial charge in [0, 0.05) is 42.5 Å². The minimum absolute atomic E-state index is 0.114. The molecule has 35 heavy (non-hydrogen) atoms. The van der Waals surface area contributed by atoms with E-state index >= 15 is 0 Å². The van der Waals surface area contributed by atoms with Gasteiger partial charge < -0.3 is 30.3 Å². The Hall–Kier alpha value is -3.08. The van der Waals surface area contributed by atoms with E-state index in [-0.39, 0.29) is 30.9 Å². The average Bonchev–Trinajstić information content (AvgIpc) is 2.81. The van der Waals surface area contributed by atoms with Crippen LogP contribution in [0.2, 0.25) is 0 Å².